The Kier molecular flexibility index (Phi) is 70.9. The molecule has 1 fully saturated rings. The predicted molar refractivity (Wildman–Crippen MR) is 476 cm³/mol. The Morgan fingerprint density at radius 2 is 0.555 bits per heavy atom. The molecule has 0 saturated carbocycles. The van der Waals surface area contributed by atoms with Gasteiger partial charge in [0.1, 0.15) is 6.10 Å². The molecule has 4 rings (SSSR count). The first-order valence-corrected chi connectivity index (χ1v) is 68.1. The van der Waals surface area contributed by atoms with Crippen LogP contribution in [0.2, 0.25) is 56.9 Å². The van der Waals surface area contributed by atoms with Crippen LogP contribution in [0.15, 0.2) is 91.0 Å². The summed E-state index contributed by atoms with van der Waals surface area (Å²) in [6.07, 6.45) is -4.17. The predicted octanol–water partition coefficient (Wildman–Crippen LogP) is 1.56. The average Bonchev–Trinajstić information content (AvgIpc) is 1.05. The Bertz CT molecular complexity index is 2670. The van der Waals surface area contributed by atoms with Crippen LogP contribution < -0.4 is 15.6 Å². The molecule has 0 amide bonds. The van der Waals surface area contributed by atoms with Crippen LogP contribution in [-0.2, 0) is 165 Å². The lowest BCUT2D eigenvalue weighted by Gasteiger charge is -2.35. The minimum atomic E-state index is -4.28. The minimum Gasteiger partial charge on any atom is -0.396 e. The Hall–Kier alpha value is -0.166. The third kappa shape index (κ3) is 51.7. The fourth-order valence-corrected chi connectivity index (χ4v) is 55.7. The maximum absolute atomic E-state index is 12.4. The van der Waals surface area contributed by atoms with Crippen LogP contribution in [0.1, 0.15) is 26.7 Å². The maximum atomic E-state index is 12.4. The molecule has 1 heterocycles. The molecule has 3 aromatic carbocycles. The monoisotopic (exact) mass is 2030 g/mol. The summed E-state index contributed by atoms with van der Waals surface area (Å²) >= 11 is 0. The highest BCUT2D eigenvalue weighted by Crippen LogP contribution is 2.29. The molecule has 1 atom stereocenters. The van der Waals surface area contributed by atoms with E-state index in [-0.39, 0.29) is 12.1 Å². The van der Waals surface area contributed by atoms with E-state index in [1.165, 1.54) is 35.0 Å². The fraction of sp³-hybridized carbons (Fsp3) is 0.700. The highest BCUT2D eigenvalue weighted by atomic mass is 28.5. The topological polar surface area (TPSA) is 354 Å². The van der Waals surface area contributed by atoms with Crippen LogP contribution >= 0.6 is 0 Å². The molecule has 0 aromatic heterocycles. The highest BCUT2D eigenvalue weighted by Gasteiger charge is 2.50. The van der Waals surface area contributed by atoms with Crippen molar-refractivity contribution in [1.29, 1.82) is 0 Å². The van der Waals surface area contributed by atoms with Crippen molar-refractivity contribution in [3.63, 3.8) is 0 Å². The van der Waals surface area contributed by atoms with E-state index in [1.54, 1.807) is 142 Å². The van der Waals surface area contributed by atoms with Crippen molar-refractivity contribution in [2.24, 2.45) is 0 Å². The van der Waals surface area contributed by atoms with E-state index < -0.39 is 178 Å². The second-order valence-corrected chi connectivity index (χ2v) is 70.7. The summed E-state index contributed by atoms with van der Waals surface area (Å²) in [5, 5.41) is 2.87. The van der Waals surface area contributed by atoms with E-state index in [0.29, 0.717) is 13.2 Å². The van der Waals surface area contributed by atoms with Crippen LogP contribution in [0.3, 0.4) is 0 Å². The highest BCUT2D eigenvalue weighted by molar-refractivity contribution is 6.97. The molecule has 1 aliphatic rings. The summed E-state index contributed by atoms with van der Waals surface area (Å²) in [5.74, 6) is 0. The minimum absolute atomic E-state index is 0.275. The van der Waals surface area contributed by atoms with Crippen molar-refractivity contribution in [2.75, 3.05) is 190 Å². The first-order chi connectivity index (χ1) is 56.6. The molecule has 0 radical (unpaired) electrons. The zero-order valence-electron chi connectivity index (χ0n) is 75.2. The first-order valence-electron chi connectivity index (χ1n) is 36.9. The molecule has 3 aromatic rings. The van der Waals surface area contributed by atoms with Gasteiger partial charge < -0.3 is 165 Å². The molecular formula is C60H139F3O38Si18. The first kappa shape index (κ1) is 121. The number of hydrogen-bond acceptors (Lipinski definition) is 38. The van der Waals surface area contributed by atoms with Gasteiger partial charge in [-0.05, 0) is 78.9 Å². The van der Waals surface area contributed by atoms with E-state index in [1.807, 2.05) is 131 Å². The normalized spacial score (nSPS) is 13.7. The lowest BCUT2D eigenvalue weighted by Crippen LogP contribution is -2.68. The molecule has 1 aliphatic heterocycles. The summed E-state index contributed by atoms with van der Waals surface area (Å²) in [5.41, 5.74) is 0. The van der Waals surface area contributed by atoms with Gasteiger partial charge in [0.2, 0.25) is 0 Å². The summed E-state index contributed by atoms with van der Waals surface area (Å²) in [7, 11) is -5.96. The second-order valence-electron chi connectivity index (χ2n) is 24.7. The molecule has 0 bridgehead atoms. The second kappa shape index (κ2) is 69.8. The van der Waals surface area contributed by atoms with Gasteiger partial charge in [0.25, 0.3) is 0 Å². The standard InChI is InChI=1S/C16H24O6Si3.C11H28O8Si3.C11H22O6Si3.C8H21F3O6Si3.C8H24O6Si3.C6H20O6Si3/c1-17-23(18-2)21-25(22-24(19-3)20-4,15-11-7-5-8-12-15)16-13-9-6-10-14-16;1-12-20(13-2)18-22(5,19-21(14-3)15-4)8-6-7-16-9-11-10-17-11;1-12-18(13-2)16-20(5,17-19(14-3)15-4)11-9-7-6-8-10-11;1-12-18(13-2)16-20(5,7-6-8(9,10)11)17-19(14-3)15-4;1-7-17(8-2,13-15(9-3)10-4)14-16(11-5)12-6;1-7-13(8-2)11-15(5,6)12-14(9-3)10-4/h5-14,23-24H,1-4H3;11,20-21H,6-10H2,1-5H3;6-10,18-19H,1-5H3;18-19H,6-7H2,1-5H3;15-16H,7-8H2,1-6H3;13-14H,1-6H3. The van der Waals surface area contributed by atoms with Crippen molar-refractivity contribution >= 4 is 181 Å². The summed E-state index contributed by atoms with van der Waals surface area (Å²) in [4.78, 5) is 0. The molecule has 1 saturated heterocycles. The molecule has 119 heavy (non-hydrogen) atoms. The SMILES string of the molecule is CC[Si](CC)(O[SiH](OC)OC)O[SiH](OC)OC.CO[SiH](OC)O[Si](C)(C)O[SiH](OC)OC.CO[SiH](OC)O[Si](C)(CCC(F)(F)F)O[SiH](OC)OC.CO[SiH](OC)O[Si](C)(CCCOCC1CO1)O[SiH](OC)OC.CO[SiH](OC)O[Si](C)(O[SiH](OC)OC)c1ccccc1.CO[SiH](OC)O[Si](O[SiH](OC)OC)(c1ccccc1)c1ccccc1. The van der Waals surface area contributed by atoms with Crippen LogP contribution in [-0.4, -0.2) is 368 Å². The Morgan fingerprint density at radius 3 is 0.807 bits per heavy atom. The average molecular weight is 2030 g/mol. The quantitative estimate of drug-likeness (QED) is 0.0439. The molecule has 0 N–H and O–H groups in total. The number of halogens is 3. The van der Waals surface area contributed by atoms with Crippen molar-refractivity contribution in [1.82, 2.24) is 0 Å². The van der Waals surface area contributed by atoms with Gasteiger partial charge in [0, 0.05) is 184 Å². The van der Waals surface area contributed by atoms with Gasteiger partial charge in [-0.3, -0.25) is 0 Å². The van der Waals surface area contributed by atoms with E-state index in [9.17, 15) is 13.2 Å². The van der Waals surface area contributed by atoms with Gasteiger partial charge in [-0.2, -0.15) is 13.2 Å². The van der Waals surface area contributed by atoms with Crippen LogP contribution in [0.5, 0.6) is 0 Å². The number of ether oxygens (including phenoxy) is 2. The molecule has 0 aliphatic carbocycles. The third-order valence-electron chi connectivity index (χ3n) is 15.7. The van der Waals surface area contributed by atoms with Crippen LogP contribution in [0.25, 0.3) is 0 Å². The summed E-state index contributed by atoms with van der Waals surface area (Å²) in [6, 6.07) is 31.6. The van der Waals surface area contributed by atoms with Gasteiger partial charge in [-0.25, -0.2) is 0 Å². The van der Waals surface area contributed by atoms with E-state index in [2.05, 4.69) is 0 Å². The number of hydrogen-bond donors (Lipinski definition) is 0. The van der Waals surface area contributed by atoms with E-state index in [4.69, 9.17) is 165 Å². The van der Waals surface area contributed by atoms with Crippen LogP contribution in [0, 0.1) is 0 Å². The van der Waals surface area contributed by atoms with E-state index in [0.717, 1.165) is 46.7 Å². The van der Waals surface area contributed by atoms with Crippen molar-refractivity contribution < 1.29 is 178 Å². The lowest BCUT2D eigenvalue weighted by atomic mass is 10.4. The largest absolute Gasteiger partial charge is 0.475 e. The number of alkyl halides is 3. The molecule has 0 spiro atoms. The zero-order chi connectivity index (χ0) is 90.6. The van der Waals surface area contributed by atoms with Gasteiger partial charge in [-0.15, -0.1) is 0 Å². The number of epoxide rings is 1. The number of rotatable bonds is 61. The molecule has 38 nitrogen and oxygen atoms in total. The molecule has 59 heteroatoms. The van der Waals surface area contributed by atoms with Gasteiger partial charge in [0.05, 0.1) is 13.2 Å². The zero-order valence-corrected chi connectivity index (χ0v) is 95.0. The van der Waals surface area contributed by atoms with Gasteiger partial charge in [-0.1, -0.05) is 105 Å². The smallest absolute Gasteiger partial charge is 0.396 e. The summed E-state index contributed by atoms with van der Waals surface area (Å²) < 4.78 is 244. The van der Waals surface area contributed by atoms with Crippen molar-refractivity contribution in [3.8, 4) is 0 Å². The Morgan fingerprint density at radius 1 is 0.319 bits per heavy atom. The van der Waals surface area contributed by atoms with Crippen molar-refractivity contribution in [3.05, 3.63) is 91.0 Å². The molecular weight excluding hydrogens is 1890 g/mol. The van der Waals surface area contributed by atoms with Gasteiger partial charge in [0.15, 0.2) is 0 Å². The Labute approximate surface area is 732 Å². The third-order valence-corrected chi connectivity index (χ3v) is 64.5. The molecule has 700 valence electrons. The maximum Gasteiger partial charge on any atom is 0.475 e. The lowest BCUT2D eigenvalue weighted by molar-refractivity contribution is -0.131. The van der Waals surface area contributed by atoms with Crippen molar-refractivity contribution in [2.45, 2.75) is 95.9 Å². The molecule has 1 unspecified atom stereocenters. The Balaban J connectivity index is 0. The van der Waals surface area contributed by atoms with Gasteiger partial charge >= 0.3 is 172 Å². The van der Waals surface area contributed by atoms with Crippen LogP contribution in [0.4, 0.5) is 13.2 Å². The fourth-order valence-electron chi connectivity index (χ4n) is 9.44. The number of benzene rings is 3. The van der Waals surface area contributed by atoms with E-state index >= 15 is 0 Å². The summed E-state index contributed by atoms with van der Waals surface area (Å²) in [6.45, 7) is 15.5.